The molecule has 0 fully saturated rings. The van der Waals surface area contributed by atoms with Crippen molar-refractivity contribution in [3.05, 3.63) is 23.5 Å². The molecule has 1 aliphatic heterocycles. The van der Waals surface area contributed by atoms with Crippen LogP contribution in [0.3, 0.4) is 0 Å². The number of nitrogens with zero attached hydrogens (tertiary/aromatic N) is 5. The third-order valence-corrected chi connectivity index (χ3v) is 3.27. The maximum absolute atomic E-state index is 5.37. The second-order valence-electron chi connectivity index (χ2n) is 4.63. The van der Waals surface area contributed by atoms with Crippen molar-refractivity contribution in [1.29, 1.82) is 0 Å². The van der Waals surface area contributed by atoms with Crippen LogP contribution in [0, 0.1) is 0 Å². The average Bonchev–Trinajstić information content (AvgIpc) is 3.15. The van der Waals surface area contributed by atoms with Crippen LogP contribution in [0.1, 0.15) is 11.3 Å². The number of rotatable bonds is 2. The first-order valence-corrected chi connectivity index (χ1v) is 6.29. The van der Waals surface area contributed by atoms with Crippen molar-refractivity contribution < 1.29 is 9.26 Å². The Hall–Kier alpha value is -2.48. The van der Waals surface area contributed by atoms with Crippen molar-refractivity contribution in [2.45, 2.75) is 13.0 Å². The number of aromatic nitrogens is 6. The number of nitrogens with one attached hydrogen (secondary N) is 1. The number of aryl methyl sites for hydroxylation is 1. The maximum atomic E-state index is 5.37. The minimum absolute atomic E-state index is 0.407. The zero-order valence-electron chi connectivity index (χ0n) is 10.8. The molecule has 3 aromatic rings. The van der Waals surface area contributed by atoms with E-state index in [1.807, 2.05) is 19.3 Å². The summed E-state index contributed by atoms with van der Waals surface area (Å²) in [5.41, 5.74) is 3.45. The Labute approximate surface area is 113 Å². The first kappa shape index (κ1) is 11.4. The quantitative estimate of drug-likeness (QED) is 0.745. The number of hydrogen-bond acceptors (Lipinski definition) is 6. The van der Waals surface area contributed by atoms with E-state index in [9.17, 15) is 0 Å². The van der Waals surface area contributed by atoms with Crippen LogP contribution in [-0.2, 0) is 24.8 Å². The van der Waals surface area contributed by atoms with Crippen molar-refractivity contribution in [2.75, 3.05) is 6.61 Å². The van der Waals surface area contributed by atoms with Gasteiger partial charge in [0.1, 0.15) is 5.69 Å². The maximum Gasteiger partial charge on any atom is 0.279 e. The molecule has 0 aromatic carbocycles. The fourth-order valence-corrected chi connectivity index (χ4v) is 2.27. The molecule has 0 saturated heterocycles. The molecule has 0 saturated carbocycles. The molecule has 1 N–H and O–H groups in total. The Kier molecular flexibility index (Phi) is 2.43. The number of ether oxygens (including phenoxy) is 1. The molecule has 8 heteroatoms. The summed E-state index contributed by atoms with van der Waals surface area (Å²) in [5, 5.41) is 15.4. The predicted molar refractivity (Wildman–Crippen MR) is 67.4 cm³/mol. The highest BCUT2D eigenvalue weighted by atomic mass is 16.5. The second-order valence-corrected chi connectivity index (χ2v) is 4.63. The molecule has 8 nitrogen and oxygen atoms in total. The van der Waals surface area contributed by atoms with E-state index in [2.05, 4.69) is 25.4 Å². The molecule has 0 atom stereocenters. The van der Waals surface area contributed by atoms with Gasteiger partial charge in [-0.2, -0.15) is 15.2 Å². The van der Waals surface area contributed by atoms with E-state index < -0.39 is 0 Å². The summed E-state index contributed by atoms with van der Waals surface area (Å²) in [7, 11) is 1.84. The van der Waals surface area contributed by atoms with Gasteiger partial charge in [-0.3, -0.25) is 9.78 Å². The highest BCUT2D eigenvalue weighted by molar-refractivity contribution is 5.58. The number of hydrogen-bond donors (Lipinski definition) is 1. The number of aromatic amines is 1. The van der Waals surface area contributed by atoms with E-state index in [1.54, 1.807) is 4.68 Å². The molecule has 0 radical (unpaired) electrons. The molecule has 4 rings (SSSR count). The molecular formula is C12H12N6O2. The SMILES string of the molecule is Cn1ccc(-c2noc(-c3n[nH]c4c3CCOC4)n2)n1. The lowest BCUT2D eigenvalue weighted by Crippen LogP contribution is -2.08. The Morgan fingerprint density at radius 1 is 1.40 bits per heavy atom. The van der Waals surface area contributed by atoms with Crippen LogP contribution < -0.4 is 0 Å². The Morgan fingerprint density at radius 2 is 2.35 bits per heavy atom. The minimum Gasteiger partial charge on any atom is -0.375 e. The zero-order chi connectivity index (χ0) is 13.5. The second kappa shape index (κ2) is 4.27. The molecule has 1 aliphatic rings. The van der Waals surface area contributed by atoms with E-state index in [0.717, 1.165) is 17.7 Å². The van der Waals surface area contributed by atoms with E-state index in [1.165, 1.54) is 0 Å². The molecular weight excluding hydrogens is 260 g/mol. The van der Waals surface area contributed by atoms with Gasteiger partial charge in [0.2, 0.25) is 5.82 Å². The first-order chi connectivity index (χ1) is 9.81. The van der Waals surface area contributed by atoms with Crippen LogP contribution in [0.15, 0.2) is 16.8 Å². The molecule has 0 bridgehead atoms. The van der Waals surface area contributed by atoms with Gasteiger partial charge in [-0.25, -0.2) is 0 Å². The summed E-state index contributed by atoms with van der Waals surface area (Å²) in [6.07, 6.45) is 2.63. The van der Waals surface area contributed by atoms with Gasteiger partial charge in [-0.05, 0) is 6.07 Å². The summed E-state index contributed by atoms with van der Waals surface area (Å²) >= 11 is 0. The van der Waals surface area contributed by atoms with E-state index in [0.29, 0.717) is 36.3 Å². The Morgan fingerprint density at radius 3 is 3.20 bits per heavy atom. The molecule has 0 unspecified atom stereocenters. The monoisotopic (exact) mass is 272 g/mol. The third kappa shape index (κ3) is 1.73. The third-order valence-electron chi connectivity index (χ3n) is 3.27. The normalized spacial score (nSPS) is 14.4. The fourth-order valence-electron chi connectivity index (χ4n) is 2.27. The summed E-state index contributed by atoms with van der Waals surface area (Å²) in [6, 6.07) is 1.84. The van der Waals surface area contributed by atoms with Crippen LogP contribution >= 0.6 is 0 Å². The highest BCUT2D eigenvalue weighted by Crippen LogP contribution is 2.27. The van der Waals surface area contributed by atoms with Crippen molar-refractivity contribution in [1.82, 2.24) is 30.1 Å². The van der Waals surface area contributed by atoms with Crippen molar-refractivity contribution >= 4 is 0 Å². The van der Waals surface area contributed by atoms with Gasteiger partial charge in [-0.15, -0.1) is 0 Å². The van der Waals surface area contributed by atoms with Gasteiger partial charge in [-0.1, -0.05) is 5.16 Å². The number of H-pyrrole nitrogens is 1. The van der Waals surface area contributed by atoms with Crippen LogP contribution in [-0.4, -0.2) is 36.7 Å². The predicted octanol–water partition coefficient (Wildman–Crippen LogP) is 0.933. The topological polar surface area (TPSA) is 94.7 Å². The van der Waals surface area contributed by atoms with Gasteiger partial charge in [0, 0.05) is 25.2 Å². The lowest BCUT2D eigenvalue weighted by Gasteiger charge is -2.10. The summed E-state index contributed by atoms with van der Waals surface area (Å²) in [4.78, 5) is 4.37. The summed E-state index contributed by atoms with van der Waals surface area (Å²) in [6.45, 7) is 1.23. The van der Waals surface area contributed by atoms with Gasteiger partial charge in [0.15, 0.2) is 5.69 Å². The standard InChI is InChI=1S/C12H12N6O2/c1-18-4-2-8(16-18)11-13-12(20-17-11)10-7-3-5-19-6-9(7)14-15-10/h2,4H,3,5-6H2,1H3,(H,14,15). The highest BCUT2D eigenvalue weighted by Gasteiger charge is 2.23. The van der Waals surface area contributed by atoms with E-state index in [-0.39, 0.29) is 0 Å². The van der Waals surface area contributed by atoms with Crippen molar-refractivity contribution in [2.24, 2.45) is 7.05 Å². The molecule has 0 spiro atoms. The molecule has 102 valence electrons. The molecule has 0 aliphatic carbocycles. The van der Waals surface area contributed by atoms with Gasteiger partial charge < -0.3 is 9.26 Å². The fraction of sp³-hybridized carbons (Fsp3) is 0.333. The smallest absolute Gasteiger partial charge is 0.279 e. The zero-order valence-corrected chi connectivity index (χ0v) is 10.8. The van der Waals surface area contributed by atoms with Crippen molar-refractivity contribution in [3.8, 4) is 23.1 Å². The van der Waals surface area contributed by atoms with Crippen LogP contribution in [0.4, 0.5) is 0 Å². The summed E-state index contributed by atoms with van der Waals surface area (Å²) in [5.74, 6) is 0.870. The molecule has 3 aromatic heterocycles. The largest absolute Gasteiger partial charge is 0.375 e. The number of fused-ring (bicyclic) bond motifs is 1. The Balaban J connectivity index is 1.73. The lowest BCUT2D eigenvalue weighted by atomic mass is 10.1. The first-order valence-electron chi connectivity index (χ1n) is 6.29. The van der Waals surface area contributed by atoms with Crippen LogP contribution in [0.25, 0.3) is 23.1 Å². The molecule has 0 amide bonds. The van der Waals surface area contributed by atoms with Gasteiger partial charge >= 0.3 is 0 Å². The van der Waals surface area contributed by atoms with Crippen LogP contribution in [0.5, 0.6) is 0 Å². The minimum atomic E-state index is 0.407. The van der Waals surface area contributed by atoms with E-state index in [4.69, 9.17) is 9.26 Å². The average molecular weight is 272 g/mol. The molecule has 4 heterocycles. The molecule has 20 heavy (non-hydrogen) atoms. The van der Waals surface area contributed by atoms with Crippen LogP contribution in [0.2, 0.25) is 0 Å². The van der Waals surface area contributed by atoms with Crippen molar-refractivity contribution in [3.63, 3.8) is 0 Å². The Bertz CT molecular complexity index is 756. The van der Waals surface area contributed by atoms with E-state index >= 15 is 0 Å². The van der Waals surface area contributed by atoms with Gasteiger partial charge in [0.25, 0.3) is 5.89 Å². The summed E-state index contributed by atoms with van der Waals surface area (Å²) < 4.78 is 12.4. The lowest BCUT2D eigenvalue weighted by molar-refractivity contribution is 0.108. The van der Waals surface area contributed by atoms with Gasteiger partial charge in [0.05, 0.1) is 18.9 Å².